The molecule has 1 aromatic carbocycles. The number of nitrogens with one attached hydrogen (secondary N) is 3. The molecule has 0 radical (unpaired) electrons. The fourth-order valence-electron chi connectivity index (χ4n) is 3.01. The molecule has 120 valence electrons. The zero-order chi connectivity index (χ0) is 16.1. The number of aliphatic carboxylic acids is 1. The molecule has 0 saturated heterocycles. The first-order valence-electron chi connectivity index (χ1n) is 7.62. The topological polar surface area (TPSA) is 85.8 Å². The Labute approximate surface area is 130 Å². The van der Waals surface area contributed by atoms with Crippen LogP contribution in [0, 0.1) is 17.8 Å². The second-order valence-electron chi connectivity index (χ2n) is 6.16. The van der Waals surface area contributed by atoms with E-state index in [9.17, 15) is 9.90 Å². The van der Waals surface area contributed by atoms with E-state index >= 15 is 0 Å². The minimum absolute atomic E-state index is 0.0361. The number of hydrogen-bond acceptors (Lipinski definition) is 5. The quantitative estimate of drug-likeness (QED) is 0.620. The van der Waals surface area contributed by atoms with Crippen LogP contribution in [0.2, 0.25) is 0 Å². The van der Waals surface area contributed by atoms with E-state index in [2.05, 4.69) is 28.5 Å². The van der Waals surface area contributed by atoms with E-state index in [1.807, 2.05) is 44.2 Å². The summed E-state index contributed by atoms with van der Waals surface area (Å²) in [5.41, 5.74) is 9.40. The van der Waals surface area contributed by atoms with Crippen molar-refractivity contribution in [3.63, 3.8) is 0 Å². The van der Waals surface area contributed by atoms with Gasteiger partial charge in [-0.05, 0) is 23.8 Å². The van der Waals surface area contributed by atoms with Crippen LogP contribution < -0.4 is 16.5 Å². The largest absolute Gasteiger partial charge is 0.481 e. The summed E-state index contributed by atoms with van der Waals surface area (Å²) in [4.78, 5) is 11.8. The minimum atomic E-state index is -0.780. The van der Waals surface area contributed by atoms with Crippen LogP contribution in [0.25, 0.3) is 0 Å². The lowest BCUT2D eigenvalue weighted by Gasteiger charge is -2.30. The Kier molecular flexibility index (Phi) is 5.38. The Hall–Kier alpha value is -2.08. The number of hydrazine groups is 2. The molecule has 4 N–H and O–H groups in total. The van der Waals surface area contributed by atoms with Crippen LogP contribution in [0.1, 0.15) is 38.7 Å². The van der Waals surface area contributed by atoms with Crippen LogP contribution in [0.3, 0.4) is 0 Å². The van der Waals surface area contributed by atoms with Gasteiger partial charge in [-0.15, -0.1) is 10.6 Å². The predicted octanol–water partition coefficient (Wildman–Crippen LogP) is 2.08. The van der Waals surface area contributed by atoms with Gasteiger partial charge in [0, 0.05) is 5.92 Å². The first-order valence-corrected chi connectivity index (χ1v) is 7.62. The van der Waals surface area contributed by atoms with E-state index in [-0.39, 0.29) is 11.8 Å². The molecule has 0 amide bonds. The van der Waals surface area contributed by atoms with Gasteiger partial charge in [-0.1, -0.05) is 51.1 Å². The zero-order valence-corrected chi connectivity index (χ0v) is 13.2. The molecule has 1 aliphatic rings. The molecule has 6 nitrogen and oxygen atoms in total. The van der Waals surface area contributed by atoms with Crippen molar-refractivity contribution in [3.05, 3.63) is 35.9 Å². The second kappa shape index (κ2) is 7.26. The average Bonchev–Trinajstić information content (AvgIpc) is 3.00. The first kappa shape index (κ1) is 16.3. The van der Waals surface area contributed by atoms with E-state index in [0.29, 0.717) is 18.2 Å². The molecule has 6 heteroatoms. The van der Waals surface area contributed by atoms with Gasteiger partial charge in [-0.3, -0.25) is 10.2 Å². The molecule has 1 aliphatic heterocycles. The standard InChI is InChI=1S/C16H24N4O2/c1-10(2)9-13(16(21)22)14(15-17-19-20-18-15)11(3)12-7-5-4-6-8-12/h4-8,10-11,13-14,19-20H,9H2,1-3H3,(H,17,18)(H,21,22)/t11-,13+,14?/m1/s1. The van der Waals surface area contributed by atoms with Crippen molar-refractivity contribution >= 4 is 11.8 Å². The van der Waals surface area contributed by atoms with Crippen LogP contribution in [-0.2, 0) is 4.79 Å². The summed E-state index contributed by atoms with van der Waals surface area (Å²) in [5.74, 6) is -0.529. The maximum Gasteiger partial charge on any atom is 0.307 e. The van der Waals surface area contributed by atoms with Gasteiger partial charge in [0.15, 0.2) is 0 Å². The summed E-state index contributed by atoms with van der Waals surface area (Å²) in [5, 5.41) is 13.9. The highest BCUT2D eigenvalue weighted by atomic mass is 16.4. The monoisotopic (exact) mass is 304 g/mol. The molecule has 22 heavy (non-hydrogen) atoms. The molecule has 0 spiro atoms. The van der Waals surface area contributed by atoms with E-state index < -0.39 is 11.9 Å². The number of benzene rings is 1. The van der Waals surface area contributed by atoms with Crippen LogP contribution in [0.5, 0.6) is 0 Å². The van der Waals surface area contributed by atoms with E-state index in [4.69, 9.17) is 0 Å². The molecular weight excluding hydrogens is 280 g/mol. The third-order valence-corrected chi connectivity index (χ3v) is 4.08. The summed E-state index contributed by atoms with van der Waals surface area (Å²) >= 11 is 0. The highest BCUT2D eigenvalue weighted by molar-refractivity contribution is 5.89. The first-order chi connectivity index (χ1) is 10.5. The van der Waals surface area contributed by atoms with Gasteiger partial charge in [0.1, 0.15) is 5.84 Å². The Bertz CT molecular complexity index is 530. The lowest BCUT2D eigenvalue weighted by molar-refractivity contribution is -0.143. The van der Waals surface area contributed by atoms with Crippen LogP contribution in [-0.4, -0.2) is 16.9 Å². The average molecular weight is 304 g/mol. The minimum Gasteiger partial charge on any atom is -0.481 e. The van der Waals surface area contributed by atoms with Gasteiger partial charge in [-0.2, -0.15) is 0 Å². The third-order valence-electron chi connectivity index (χ3n) is 4.08. The molecule has 0 bridgehead atoms. The number of carbonyl (C=O) groups is 1. The van der Waals surface area contributed by atoms with Gasteiger partial charge in [0.25, 0.3) is 0 Å². The summed E-state index contributed by atoms with van der Waals surface area (Å²) < 4.78 is 0. The summed E-state index contributed by atoms with van der Waals surface area (Å²) in [6.45, 7) is 6.14. The fraction of sp³-hybridized carbons (Fsp3) is 0.500. The molecule has 1 aromatic rings. The predicted molar refractivity (Wildman–Crippen MR) is 85.8 cm³/mol. The number of hydrazone groups is 1. The maximum atomic E-state index is 11.8. The lowest BCUT2D eigenvalue weighted by Crippen LogP contribution is -2.43. The Balaban J connectivity index is 2.35. The SMILES string of the molecule is CC(C)C[C@H](C(=O)O)C(C1=NNNN1)[C@H](C)c1ccccc1. The van der Waals surface area contributed by atoms with Gasteiger partial charge >= 0.3 is 5.97 Å². The molecule has 3 atom stereocenters. The highest BCUT2D eigenvalue weighted by Gasteiger charge is 2.38. The zero-order valence-electron chi connectivity index (χ0n) is 13.2. The number of carboxylic acids is 1. The van der Waals surface area contributed by atoms with Crippen molar-refractivity contribution < 1.29 is 9.90 Å². The molecular formula is C16H24N4O2. The highest BCUT2D eigenvalue weighted by Crippen LogP contribution is 2.34. The number of hydrogen-bond donors (Lipinski definition) is 4. The fourth-order valence-corrected chi connectivity index (χ4v) is 3.01. The smallest absolute Gasteiger partial charge is 0.307 e. The van der Waals surface area contributed by atoms with Gasteiger partial charge in [0.05, 0.1) is 5.92 Å². The van der Waals surface area contributed by atoms with Crippen molar-refractivity contribution in [2.45, 2.75) is 33.1 Å². The number of carboxylic acid groups (broad SMARTS) is 1. The lowest BCUT2D eigenvalue weighted by atomic mass is 9.75. The summed E-state index contributed by atoms with van der Waals surface area (Å²) in [6, 6.07) is 9.97. The molecule has 0 aliphatic carbocycles. The number of rotatable bonds is 7. The van der Waals surface area contributed by atoms with Crippen molar-refractivity contribution in [3.8, 4) is 0 Å². The van der Waals surface area contributed by atoms with E-state index in [0.717, 1.165) is 5.56 Å². The van der Waals surface area contributed by atoms with Crippen molar-refractivity contribution in [2.24, 2.45) is 22.9 Å². The third kappa shape index (κ3) is 3.76. The van der Waals surface area contributed by atoms with Crippen molar-refractivity contribution in [1.29, 1.82) is 0 Å². The van der Waals surface area contributed by atoms with E-state index in [1.165, 1.54) is 0 Å². The number of nitrogens with zero attached hydrogens (tertiary/aromatic N) is 1. The van der Waals surface area contributed by atoms with Gasteiger partial charge in [-0.25, -0.2) is 5.53 Å². The van der Waals surface area contributed by atoms with Crippen molar-refractivity contribution in [1.82, 2.24) is 16.5 Å². The van der Waals surface area contributed by atoms with Crippen LogP contribution in [0.4, 0.5) is 0 Å². The molecule has 0 saturated carbocycles. The molecule has 2 rings (SSSR count). The van der Waals surface area contributed by atoms with Crippen molar-refractivity contribution in [2.75, 3.05) is 0 Å². The van der Waals surface area contributed by atoms with E-state index in [1.54, 1.807) is 0 Å². The van der Waals surface area contributed by atoms with Gasteiger partial charge < -0.3 is 5.11 Å². The Morgan fingerprint density at radius 2 is 1.91 bits per heavy atom. The normalized spacial score (nSPS) is 18.1. The van der Waals surface area contributed by atoms with Crippen LogP contribution >= 0.6 is 0 Å². The molecule has 0 aromatic heterocycles. The van der Waals surface area contributed by atoms with Crippen LogP contribution in [0.15, 0.2) is 35.4 Å². The molecule has 1 unspecified atom stereocenters. The molecule has 1 heterocycles. The molecule has 0 fully saturated rings. The number of amidine groups is 1. The summed E-state index contributed by atoms with van der Waals surface area (Å²) in [6.07, 6.45) is 0.609. The Morgan fingerprint density at radius 1 is 1.23 bits per heavy atom. The Morgan fingerprint density at radius 3 is 2.41 bits per heavy atom. The summed E-state index contributed by atoms with van der Waals surface area (Å²) in [7, 11) is 0. The van der Waals surface area contributed by atoms with Gasteiger partial charge in [0.2, 0.25) is 0 Å². The second-order valence-corrected chi connectivity index (χ2v) is 6.16. The maximum absolute atomic E-state index is 11.8.